The molecule has 0 aliphatic carbocycles. The van der Waals surface area contributed by atoms with Crippen LogP contribution in [0.4, 0.5) is 5.82 Å². The van der Waals surface area contributed by atoms with Crippen molar-refractivity contribution in [2.75, 3.05) is 42.6 Å². The van der Waals surface area contributed by atoms with Crippen LogP contribution >= 0.6 is 23.4 Å². The lowest BCUT2D eigenvalue weighted by Crippen LogP contribution is -2.45. The van der Waals surface area contributed by atoms with Crippen molar-refractivity contribution < 1.29 is 4.79 Å². The molecule has 0 bridgehead atoms. The van der Waals surface area contributed by atoms with Crippen molar-refractivity contribution in [1.82, 2.24) is 9.88 Å². The molecule has 0 atom stereocenters. The van der Waals surface area contributed by atoms with Crippen LogP contribution in [0.2, 0.25) is 5.02 Å². The number of piperidine rings is 1. The first kappa shape index (κ1) is 18.3. The van der Waals surface area contributed by atoms with Gasteiger partial charge in [0.15, 0.2) is 0 Å². The summed E-state index contributed by atoms with van der Waals surface area (Å²) in [5.74, 6) is 3.20. The molecule has 1 aromatic rings. The number of nitriles is 1. The number of aromatic nitrogens is 1. The van der Waals surface area contributed by atoms with Crippen LogP contribution in [0.25, 0.3) is 0 Å². The van der Waals surface area contributed by atoms with Gasteiger partial charge in [-0.2, -0.15) is 17.0 Å². The first-order valence-corrected chi connectivity index (χ1v) is 10.2. The summed E-state index contributed by atoms with van der Waals surface area (Å²) >= 11 is 8.16. The van der Waals surface area contributed by atoms with Crippen molar-refractivity contribution in [1.29, 1.82) is 5.26 Å². The van der Waals surface area contributed by atoms with Crippen LogP contribution in [0.15, 0.2) is 0 Å². The quantitative estimate of drug-likeness (QED) is 0.791. The number of aryl methyl sites for hydroxylation is 1. The number of amides is 1. The number of nitrogens with zero attached hydrogens (tertiary/aromatic N) is 4. The van der Waals surface area contributed by atoms with Gasteiger partial charge in [-0.3, -0.25) is 4.79 Å². The molecule has 5 nitrogen and oxygen atoms in total. The summed E-state index contributed by atoms with van der Waals surface area (Å²) in [4.78, 5) is 21.4. The highest BCUT2D eigenvalue weighted by molar-refractivity contribution is 7.99. The third-order valence-corrected chi connectivity index (χ3v) is 6.60. The molecule has 0 radical (unpaired) electrons. The van der Waals surface area contributed by atoms with E-state index in [-0.39, 0.29) is 5.92 Å². The molecule has 3 heterocycles. The molecule has 7 heteroatoms. The number of anilines is 1. The Bertz CT molecular complexity index is 704. The molecule has 3 rings (SSSR count). The predicted molar refractivity (Wildman–Crippen MR) is 102 cm³/mol. The average Bonchev–Trinajstić information content (AvgIpc) is 2.66. The van der Waals surface area contributed by atoms with E-state index in [0.29, 0.717) is 22.3 Å². The van der Waals surface area contributed by atoms with Crippen molar-refractivity contribution in [2.24, 2.45) is 5.92 Å². The molecule has 25 heavy (non-hydrogen) atoms. The van der Waals surface area contributed by atoms with Crippen molar-refractivity contribution in [2.45, 2.75) is 26.7 Å². The lowest BCUT2D eigenvalue weighted by atomic mass is 9.94. The van der Waals surface area contributed by atoms with Crippen molar-refractivity contribution in [3.63, 3.8) is 0 Å². The second-order valence-electron chi connectivity index (χ2n) is 6.65. The van der Waals surface area contributed by atoms with Gasteiger partial charge in [-0.1, -0.05) is 11.6 Å². The van der Waals surface area contributed by atoms with Crippen molar-refractivity contribution in [3.05, 3.63) is 21.8 Å². The van der Waals surface area contributed by atoms with E-state index >= 15 is 0 Å². The van der Waals surface area contributed by atoms with Crippen LogP contribution in [-0.4, -0.2) is 53.5 Å². The molecule has 2 saturated heterocycles. The number of pyridine rings is 1. The zero-order valence-electron chi connectivity index (χ0n) is 14.7. The summed E-state index contributed by atoms with van der Waals surface area (Å²) in [6.45, 7) is 6.98. The van der Waals surface area contributed by atoms with Crippen molar-refractivity contribution in [3.8, 4) is 6.07 Å². The molecule has 0 aromatic carbocycles. The van der Waals surface area contributed by atoms with E-state index in [1.165, 1.54) is 0 Å². The lowest BCUT2D eigenvalue weighted by Gasteiger charge is -2.36. The minimum atomic E-state index is 0.0966. The number of halogens is 1. The van der Waals surface area contributed by atoms with Gasteiger partial charge in [-0.15, -0.1) is 0 Å². The fourth-order valence-corrected chi connectivity index (χ4v) is 4.60. The normalized spacial score (nSPS) is 19.0. The Hall–Kier alpha value is -1.45. The first-order chi connectivity index (χ1) is 12.0. The summed E-state index contributed by atoms with van der Waals surface area (Å²) in [6, 6.07) is 2.25. The van der Waals surface area contributed by atoms with Crippen LogP contribution < -0.4 is 4.90 Å². The highest BCUT2D eigenvalue weighted by Crippen LogP contribution is 2.31. The Kier molecular flexibility index (Phi) is 5.75. The number of carbonyl (C=O) groups excluding carboxylic acids is 1. The molecule has 2 aliphatic heterocycles. The smallest absolute Gasteiger partial charge is 0.225 e. The topological polar surface area (TPSA) is 60.2 Å². The van der Waals surface area contributed by atoms with Crippen LogP contribution in [0.1, 0.15) is 29.7 Å². The maximum absolute atomic E-state index is 12.7. The predicted octanol–water partition coefficient (Wildman–Crippen LogP) is 3.02. The highest BCUT2D eigenvalue weighted by atomic mass is 35.5. The fraction of sp³-hybridized carbons (Fsp3) is 0.611. The van der Waals surface area contributed by atoms with Crippen molar-refractivity contribution >= 4 is 35.1 Å². The van der Waals surface area contributed by atoms with Gasteiger partial charge in [0.2, 0.25) is 5.91 Å². The van der Waals surface area contributed by atoms with E-state index in [9.17, 15) is 10.1 Å². The Morgan fingerprint density at radius 3 is 2.48 bits per heavy atom. The molecular formula is C18H23ClN4OS. The zero-order chi connectivity index (χ0) is 18.0. The number of thioether (sulfide) groups is 1. The molecular weight excluding hydrogens is 356 g/mol. The third-order valence-electron chi connectivity index (χ3n) is 5.10. The number of rotatable bonds is 2. The van der Waals surface area contributed by atoms with Gasteiger partial charge in [-0.05, 0) is 32.3 Å². The van der Waals surface area contributed by atoms with E-state index in [4.69, 9.17) is 11.6 Å². The largest absolute Gasteiger partial charge is 0.355 e. The van der Waals surface area contributed by atoms with Crippen LogP contribution in [0, 0.1) is 31.1 Å². The Labute approximate surface area is 158 Å². The van der Waals surface area contributed by atoms with Gasteiger partial charge in [0.05, 0.1) is 16.3 Å². The fourth-order valence-electron chi connectivity index (χ4n) is 3.56. The van der Waals surface area contributed by atoms with Gasteiger partial charge in [0.1, 0.15) is 11.9 Å². The first-order valence-electron chi connectivity index (χ1n) is 8.71. The van der Waals surface area contributed by atoms with Gasteiger partial charge < -0.3 is 9.80 Å². The molecule has 0 unspecified atom stereocenters. The molecule has 0 N–H and O–H groups in total. The molecule has 134 valence electrons. The highest BCUT2D eigenvalue weighted by Gasteiger charge is 2.31. The summed E-state index contributed by atoms with van der Waals surface area (Å²) in [6.07, 6.45) is 1.63. The Balaban J connectivity index is 1.70. The molecule has 2 fully saturated rings. The molecule has 2 aliphatic rings. The summed E-state index contributed by atoms with van der Waals surface area (Å²) in [5, 5.41) is 10.1. The number of hydrogen-bond donors (Lipinski definition) is 0. The Morgan fingerprint density at radius 1 is 1.24 bits per heavy atom. The van der Waals surface area contributed by atoms with Crippen LogP contribution in [0.3, 0.4) is 0 Å². The van der Waals surface area contributed by atoms with Crippen LogP contribution in [-0.2, 0) is 4.79 Å². The van der Waals surface area contributed by atoms with E-state index < -0.39 is 0 Å². The second-order valence-corrected chi connectivity index (χ2v) is 8.25. The van der Waals surface area contributed by atoms with Gasteiger partial charge >= 0.3 is 0 Å². The number of carbonyl (C=O) groups is 1. The summed E-state index contributed by atoms with van der Waals surface area (Å²) < 4.78 is 0. The third kappa shape index (κ3) is 3.73. The molecule has 1 aromatic heterocycles. The zero-order valence-corrected chi connectivity index (χ0v) is 16.3. The average molecular weight is 379 g/mol. The van der Waals surface area contributed by atoms with E-state index in [1.807, 2.05) is 30.5 Å². The van der Waals surface area contributed by atoms with Gasteiger partial charge in [-0.25, -0.2) is 4.98 Å². The monoisotopic (exact) mass is 378 g/mol. The minimum Gasteiger partial charge on any atom is -0.355 e. The number of hydrogen-bond acceptors (Lipinski definition) is 5. The molecule has 0 spiro atoms. The standard InChI is InChI=1S/C18H23ClN4OS/c1-12-15(11-20)17(21-13(2)16(12)19)22-5-3-14(4-6-22)18(24)23-7-9-25-10-8-23/h14H,3-10H2,1-2H3. The second kappa shape index (κ2) is 7.84. The maximum Gasteiger partial charge on any atom is 0.225 e. The SMILES string of the molecule is Cc1nc(N2CCC(C(=O)N3CCSCC3)CC2)c(C#N)c(C)c1Cl. The van der Waals surface area contributed by atoms with Gasteiger partial charge in [0, 0.05) is 43.6 Å². The van der Waals surface area contributed by atoms with E-state index in [2.05, 4.69) is 16.0 Å². The lowest BCUT2D eigenvalue weighted by molar-refractivity contribution is -0.135. The maximum atomic E-state index is 12.7. The van der Waals surface area contributed by atoms with Gasteiger partial charge in [0.25, 0.3) is 0 Å². The molecule has 1 amide bonds. The Morgan fingerprint density at radius 2 is 1.88 bits per heavy atom. The van der Waals surface area contributed by atoms with E-state index in [0.717, 1.165) is 61.8 Å². The molecule has 0 saturated carbocycles. The minimum absolute atomic E-state index is 0.0966. The van der Waals surface area contributed by atoms with Crippen LogP contribution in [0.5, 0.6) is 0 Å². The van der Waals surface area contributed by atoms with E-state index in [1.54, 1.807) is 0 Å². The summed E-state index contributed by atoms with van der Waals surface area (Å²) in [7, 11) is 0. The summed E-state index contributed by atoms with van der Waals surface area (Å²) in [5.41, 5.74) is 2.08.